The molecule has 0 aliphatic heterocycles. The van der Waals surface area contributed by atoms with Gasteiger partial charge in [-0.2, -0.15) is 0 Å². The highest BCUT2D eigenvalue weighted by Crippen LogP contribution is 2.32. The largest absolute Gasteiger partial charge is 0.394 e. The van der Waals surface area contributed by atoms with E-state index in [-0.39, 0.29) is 23.4 Å². The van der Waals surface area contributed by atoms with E-state index >= 15 is 4.39 Å². The highest BCUT2D eigenvalue weighted by Gasteiger charge is 2.24. The number of carbonyl (C=O) groups is 1. The second-order valence-electron chi connectivity index (χ2n) is 6.68. The number of hydrogen-bond acceptors (Lipinski definition) is 6. The van der Waals surface area contributed by atoms with Gasteiger partial charge in [0.2, 0.25) is 0 Å². The first-order valence-electron chi connectivity index (χ1n) is 9.37. The van der Waals surface area contributed by atoms with Crippen LogP contribution in [0.2, 0.25) is 0 Å². The van der Waals surface area contributed by atoms with Crippen LogP contribution < -0.4 is 16.5 Å². The smallest absolute Gasteiger partial charge is 0.277 e. The van der Waals surface area contributed by atoms with Crippen molar-refractivity contribution >= 4 is 45.7 Å². The number of anilines is 3. The number of aromatic nitrogens is 1. The number of nitrogens with two attached hydrogens (primary N) is 1. The van der Waals surface area contributed by atoms with Gasteiger partial charge in [-0.1, -0.05) is 0 Å². The summed E-state index contributed by atoms with van der Waals surface area (Å²) in [6, 6.07) is 6.20. The van der Waals surface area contributed by atoms with Crippen molar-refractivity contribution in [3.8, 4) is 0 Å². The van der Waals surface area contributed by atoms with Gasteiger partial charge in [0.1, 0.15) is 5.82 Å². The minimum Gasteiger partial charge on any atom is -0.394 e. The summed E-state index contributed by atoms with van der Waals surface area (Å²) in [6.07, 6.45) is 0.755. The molecule has 0 fully saturated rings. The number of aliphatic hydroxyl groups is 1. The molecule has 33 heavy (non-hydrogen) atoms. The van der Waals surface area contributed by atoms with Crippen molar-refractivity contribution in [3.63, 3.8) is 0 Å². The van der Waals surface area contributed by atoms with Crippen molar-refractivity contribution < 1.29 is 32.3 Å². The maximum atomic E-state index is 15.1. The molecule has 5 N–H and O–H groups in total. The summed E-state index contributed by atoms with van der Waals surface area (Å²) in [4.78, 5) is 20.9. The molecular weight excluding hydrogens is 559 g/mol. The van der Waals surface area contributed by atoms with Crippen LogP contribution in [0.15, 0.2) is 36.5 Å². The van der Waals surface area contributed by atoms with Gasteiger partial charge in [0.25, 0.3) is 5.91 Å². The lowest BCUT2D eigenvalue weighted by molar-refractivity contribution is 0.0168. The first-order chi connectivity index (χ1) is 15.7. The number of nitrogens with zero attached hydrogens (tertiary/aromatic N) is 1. The molecule has 7 nitrogen and oxygen atoms in total. The second-order valence-corrected chi connectivity index (χ2v) is 7.93. The average molecular weight is 576 g/mol. The topological polar surface area (TPSA) is 110 Å². The van der Waals surface area contributed by atoms with Crippen molar-refractivity contribution in [1.29, 1.82) is 0 Å². The van der Waals surface area contributed by atoms with E-state index in [2.05, 4.69) is 10.3 Å². The average Bonchev–Trinajstić information content (AvgIpc) is 2.78. The number of rotatable bonds is 8. The number of hydroxylamine groups is 1. The van der Waals surface area contributed by atoms with E-state index in [0.29, 0.717) is 3.57 Å². The number of benzene rings is 2. The van der Waals surface area contributed by atoms with E-state index in [1.54, 1.807) is 0 Å². The van der Waals surface area contributed by atoms with Gasteiger partial charge in [0, 0.05) is 16.2 Å². The Balaban J connectivity index is 2.08. The van der Waals surface area contributed by atoms with Crippen LogP contribution in [-0.2, 0) is 11.3 Å². The molecule has 174 valence electrons. The Bertz CT molecular complexity index is 1200. The highest BCUT2D eigenvalue weighted by molar-refractivity contribution is 14.1. The first-order valence-corrected chi connectivity index (χ1v) is 10.5. The molecule has 12 heteroatoms. The molecule has 0 aliphatic carbocycles. The molecule has 3 aromatic rings. The van der Waals surface area contributed by atoms with E-state index < -0.39 is 59.3 Å². The predicted octanol–water partition coefficient (Wildman–Crippen LogP) is 3.81. The van der Waals surface area contributed by atoms with Crippen molar-refractivity contribution in [3.05, 3.63) is 80.1 Å². The number of nitrogen functional groups attached to an aromatic ring is 1. The van der Waals surface area contributed by atoms with Crippen LogP contribution in [0, 0.1) is 26.8 Å². The summed E-state index contributed by atoms with van der Waals surface area (Å²) in [5, 5.41) is 11.2. The number of hydrogen-bond donors (Lipinski definition) is 4. The molecule has 1 aromatic heterocycles. The standard InChI is InChI=1S/C21H17F4IN4O3/c22-14-9-12(26)1-2-15(14)29-19-13(21(32)30-33-6-5-31)8-11(16(23)18(19)25)7-10-3-4-28-20(27)17(10)24/h1-4,8-9,29,31H,5-7H2,(H2,27,28)(H,30,32). The fourth-order valence-electron chi connectivity index (χ4n) is 2.89. The fraction of sp³-hybridized carbons (Fsp3) is 0.143. The molecule has 0 saturated heterocycles. The molecule has 0 spiro atoms. The maximum absolute atomic E-state index is 15.1. The minimum atomic E-state index is -1.49. The Hall–Kier alpha value is -2.97. The first kappa shape index (κ1) is 24.7. The fourth-order valence-corrected chi connectivity index (χ4v) is 3.35. The van der Waals surface area contributed by atoms with Crippen LogP contribution >= 0.6 is 22.6 Å². The molecule has 3 rings (SSSR count). The Morgan fingerprint density at radius 3 is 2.55 bits per heavy atom. The van der Waals surface area contributed by atoms with Crippen molar-refractivity contribution in [2.75, 3.05) is 24.3 Å². The number of aliphatic hydroxyl groups excluding tert-OH is 1. The highest BCUT2D eigenvalue weighted by atomic mass is 127. The van der Waals surface area contributed by atoms with Crippen molar-refractivity contribution in [1.82, 2.24) is 10.5 Å². The Labute approximate surface area is 199 Å². The molecule has 0 bridgehead atoms. The molecule has 0 atom stereocenters. The number of amides is 1. The van der Waals surface area contributed by atoms with Crippen LogP contribution in [0.1, 0.15) is 21.5 Å². The number of carbonyl (C=O) groups excluding carboxylic acids is 1. The summed E-state index contributed by atoms with van der Waals surface area (Å²) >= 11 is 1.87. The predicted molar refractivity (Wildman–Crippen MR) is 121 cm³/mol. The number of nitrogens with one attached hydrogen (secondary N) is 2. The molecule has 0 aliphatic rings. The van der Waals surface area contributed by atoms with Crippen LogP contribution in [-0.4, -0.2) is 29.2 Å². The summed E-state index contributed by atoms with van der Waals surface area (Å²) in [7, 11) is 0. The zero-order valence-corrected chi connectivity index (χ0v) is 18.9. The Kier molecular flexibility index (Phi) is 8.05. The number of pyridine rings is 1. The molecule has 2 aromatic carbocycles. The van der Waals surface area contributed by atoms with E-state index in [0.717, 1.165) is 12.1 Å². The van der Waals surface area contributed by atoms with Crippen LogP contribution in [0.4, 0.5) is 34.8 Å². The molecule has 0 unspecified atom stereocenters. The van der Waals surface area contributed by atoms with Crippen molar-refractivity contribution in [2.45, 2.75) is 6.42 Å². The summed E-state index contributed by atoms with van der Waals surface area (Å²) in [5.41, 5.74) is 5.66. The normalized spacial score (nSPS) is 10.8. The lowest BCUT2D eigenvalue weighted by Crippen LogP contribution is -2.26. The lowest BCUT2D eigenvalue weighted by Gasteiger charge is -2.17. The minimum absolute atomic E-state index is 0.0759. The van der Waals surface area contributed by atoms with Gasteiger partial charge in [-0.3, -0.25) is 9.63 Å². The molecule has 1 heterocycles. The third kappa shape index (κ3) is 5.69. The summed E-state index contributed by atoms with van der Waals surface area (Å²) in [6.45, 7) is -0.677. The third-order valence-corrected chi connectivity index (χ3v) is 5.12. The van der Waals surface area contributed by atoms with E-state index in [1.165, 1.54) is 24.4 Å². The second kappa shape index (κ2) is 10.8. The van der Waals surface area contributed by atoms with E-state index in [9.17, 15) is 18.0 Å². The SMILES string of the molecule is Nc1nccc(Cc2cc(C(=O)NOCCO)c(Nc3ccc(I)cc3F)c(F)c2F)c1F. The van der Waals surface area contributed by atoms with E-state index in [4.69, 9.17) is 15.7 Å². The quantitative estimate of drug-likeness (QED) is 0.141. The summed E-state index contributed by atoms with van der Waals surface area (Å²) in [5.74, 6) is -5.95. The van der Waals surface area contributed by atoms with Crippen molar-refractivity contribution in [2.24, 2.45) is 0 Å². The Morgan fingerprint density at radius 2 is 1.85 bits per heavy atom. The summed E-state index contributed by atoms with van der Waals surface area (Å²) < 4.78 is 59.1. The third-order valence-electron chi connectivity index (χ3n) is 4.45. The zero-order chi connectivity index (χ0) is 24.1. The van der Waals surface area contributed by atoms with E-state index in [1.807, 2.05) is 28.1 Å². The van der Waals surface area contributed by atoms with Gasteiger partial charge in [-0.25, -0.2) is 28.0 Å². The number of halogens is 5. The van der Waals surface area contributed by atoms with Gasteiger partial charge in [-0.15, -0.1) is 0 Å². The molecular formula is C21H17F4IN4O3. The Morgan fingerprint density at radius 1 is 1.09 bits per heavy atom. The van der Waals surface area contributed by atoms with Crippen LogP contribution in [0.3, 0.4) is 0 Å². The lowest BCUT2D eigenvalue weighted by atomic mass is 10.00. The molecule has 0 saturated carbocycles. The zero-order valence-electron chi connectivity index (χ0n) is 16.8. The van der Waals surface area contributed by atoms with Gasteiger partial charge >= 0.3 is 0 Å². The van der Waals surface area contributed by atoms with Gasteiger partial charge in [-0.05, 0) is 64.0 Å². The molecule has 0 radical (unpaired) electrons. The van der Waals surface area contributed by atoms with Gasteiger partial charge < -0.3 is 16.2 Å². The molecule has 1 amide bonds. The van der Waals surface area contributed by atoms with Crippen LogP contribution in [0.5, 0.6) is 0 Å². The van der Waals surface area contributed by atoms with Gasteiger partial charge in [0.05, 0.1) is 30.2 Å². The monoisotopic (exact) mass is 576 g/mol. The van der Waals surface area contributed by atoms with Crippen LogP contribution in [0.25, 0.3) is 0 Å². The van der Waals surface area contributed by atoms with Gasteiger partial charge in [0.15, 0.2) is 23.3 Å². The maximum Gasteiger partial charge on any atom is 0.277 e.